The number of ether oxygens (including phenoxy) is 1. The summed E-state index contributed by atoms with van der Waals surface area (Å²) in [6, 6.07) is 4.45. The van der Waals surface area contributed by atoms with Gasteiger partial charge in [0.1, 0.15) is 0 Å². The van der Waals surface area contributed by atoms with Crippen LogP contribution in [0.5, 0.6) is 0 Å². The molecule has 5 rings (SSSR count). The Hall–Kier alpha value is -3.35. The number of aromatic amines is 1. The van der Waals surface area contributed by atoms with Crippen molar-refractivity contribution in [3.8, 4) is 16.9 Å². The summed E-state index contributed by atoms with van der Waals surface area (Å²) in [6.45, 7) is 0.705. The molecule has 0 amide bonds. The molecule has 0 spiro atoms. The number of fused-ring (bicyclic) bond motifs is 1. The molecule has 0 saturated carbocycles. The molecule has 4 aromatic heterocycles. The van der Waals surface area contributed by atoms with Gasteiger partial charge in [0.05, 0.1) is 31.3 Å². The first-order chi connectivity index (χ1) is 15.8. The average Bonchev–Trinajstić information content (AvgIpc) is 3.49. The maximum atomic E-state index is 13.9. The second kappa shape index (κ2) is 8.21. The molecule has 0 aliphatic carbocycles. The molecule has 1 atom stereocenters. The second-order valence-electron chi connectivity index (χ2n) is 7.78. The summed E-state index contributed by atoms with van der Waals surface area (Å²) in [5.74, 6) is 0.316. The third kappa shape index (κ3) is 3.96. The second-order valence-corrected chi connectivity index (χ2v) is 7.78. The lowest BCUT2D eigenvalue weighted by molar-refractivity contribution is -0.273. The van der Waals surface area contributed by atoms with Crippen LogP contribution in [-0.4, -0.2) is 78.7 Å². The highest BCUT2D eigenvalue weighted by Gasteiger charge is 2.56. The third-order valence-corrected chi connectivity index (χ3v) is 5.71. The fraction of sp³-hybridized carbons (Fsp3) is 0.333. The number of aliphatic hydroxyl groups is 1. The molecule has 2 N–H and O–H groups in total. The van der Waals surface area contributed by atoms with E-state index in [2.05, 4.69) is 25.0 Å². The van der Waals surface area contributed by atoms with Gasteiger partial charge in [0, 0.05) is 54.9 Å². The van der Waals surface area contributed by atoms with Gasteiger partial charge in [-0.15, -0.1) is 0 Å². The van der Waals surface area contributed by atoms with Crippen LogP contribution in [0, 0.1) is 0 Å². The Morgan fingerprint density at radius 3 is 2.61 bits per heavy atom. The quantitative estimate of drug-likeness (QED) is 0.472. The fourth-order valence-electron chi connectivity index (χ4n) is 3.87. The standard InChI is InChI=1S/C21H20F3N7O2/c22-21(23,24)20(32,12-30-5-7-33-8-6-30)15-1-2-17(26-10-15)31-11-14(9-29-31)16-3-4-25-19-18(16)27-13-28-19/h1-4,9-11,13,32H,5-8,12H2,(H,25,27,28). The van der Waals surface area contributed by atoms with Crippen molar-refractivity contribution in [2.75, 3.05) is 32.8 Å². The fourth-order valence-corrected chi connectivity index (χ4v) is 3.87. The van der Waals surface area contributed by atoms with E-state index in [9.17, 15) is 18.3 Å². The highest BCUT2D eigenvalue weighted by atomic mass is 19.4. The Bertz CT molecular complexity index is 1250. The molecule has 12 heteroatoms. The molecule has 0 aromatic carbocycles. The van der Waals surface area contributed by atoms with Crippen LogP contribution in [0.1, 0.15) is 5.56 Å². The number of β-amino-alcohol motifs (C(OH)–C–C–N with tert-alkyl or cyclic N) is 1. The molecule has 0 radical (unpaired) electrons. The number of pyridine rings is 2. The van der Waals surface area contributed by atoms with Crippen LogP contribution in [-0.2, 0) is 10.3 Å². The van der Waals surface area contributed by atoms with Gasteiger partial charge in [-0.2, -0.15) is 18.3 Å². The summed E-state index contributed by atoms with van der Waals surface area (Å²) in [7, 11) is 0. The van der Waals surface area contributed by atoms with E-state index < -0.39 is 18.3 Å². The number of aromatic nitrogens is 6. The summed E-state index contributed by atoms with van der Waals surface area (Å²) in [4.78, 5) is 17.0. The Kier molecular flexibility index (Phi) is 5.35. The van der Waals surface area contributed by atoms with E-state index in [0.717, 1.165) is 22.8 Å². The lowest BCUT2D eigenvalue weighted by Gasteiger charge is -2.37. The summed E-state index contributed by atoms with van der Waals surface area (Å²) in [5.41, 5.74) is -0.470. The maximum absolute atomic E-state index is 13.9. The van der Waals surface area contributed by atoms with Crippen LogP contribution in [0.15, 0.2) is 49.3 Å². The molecule has 5 heterocycles. The number of rotatable bonds is 5. The predicted molar refractivity (Wildman–Crippen MR) is 111 cm³/mol. The summed E-state index contributed by atoms with van der Waals surface area (Å²) in [5, 5.41) is 15.0. The third-order valence-electron chi connectivity index (χ3n) is 5.71. The van der Waals surface area contributed by atoms with Crippen molar-refractivity contribution in [2.24, 2.45) is 0 Å². The largest absolute Gasteiger partial charge is 0.422 e. The number of hydrogen-bond acceptors (Lipinski definition) is 7. The summed E-state index contributed by atoms with van der Waals surface area (Å²) >= 11 is 0. The highest BCUT2D eigenvalue weighted by Crippen LogP contribution is 2.39. The minimum absolute atomic E-state index is 0.316. The molecule has 1 unspecified atom stereocenters. The number of nitrogens with zero attached hydrogens (tertiary/aromatic N) is 6. The van der Waals surface area contributed by atoms with Gasteiger partial charge in [-0.05, 0) is 12.1 Å². The number of alkyl halides is 3. The zero-order chi connectivity index (χ0) is 23.1. The van der Waals surface area contributed by atoms with E-state index in [1.54, 1.807) is 24.9 Å². The van der Waals surface area contributed by atoms with Crippen LogP contribution in [0.25, 0.3) is 28.1 Å². The number of nitrogens with one attached hydrogen (secondary N) is 1. The van der Waals surface area contributed by atoms with Crippen molar-refractivity contribution >= 4 is 11.2 Å². The van der Waals surface area contributed by atoms with Gasteiger partial charge in [0.25, 0.3) is 0 Å². The zero-order valence-corrected chi connectivity index (χ0v) is 17.3. The highest BCUT2D eigenvalue weighted by molar-refractivity contribution is 5.88. The molecular weight excluding hydrogens is 439 g/mol. The van der Waals surface area contributed by atoms with Gasteiger partial charge < -0.3 is 14.8 Å². The number of morpholine rings is 1. The minimum Gasteiger partial charge on any atom is -0.379 e. The van der Waals surface area contributed by atoms with E-state index >= 15 is 0 Å². The number of hydrogen-bond donors (Lipinski definition) is 2. The van der Waals surface area contributed by atoms with Gasteiger partial charge in [-0.1, -0.05) is 6.07 Å². The van der Waals surface area contributed by atoms with Gasteiger partial charge in [-0.25, -0.2) is 19.6 Å². The van der Waals surface area contributed by atoms with Gasteiger partial charge >= 0.3 is 6.18 Å². The van der Waals surface area contributed by atoms with Gasteiger partial charge in [0.2, 0.25) is 0 Å². The predicted octanol–water partition coefficient (Wildman–Crippen LogP) is 2.29. The number of H-pyrrole nitrogens is 1. The Balaban J connectivity index is 1.42. The molecule has 172 valence electrons. The SMILES string of the molecule is OC(CN1CCOCC1)(c1ccc(-n2cc(-c3ccnc4nc[nH]c34)cn2)nc1)C(F)(F)F. The van der Waals surface area contributed by atoms with E-state index in [-0.39, 0.29) is 5.56 Å². The normalized spacial score (nSPS) is 17.3. The van der Waals surface area contributed by atoms with Crippen LogP contribution < -0.4 is 0 Å². The number of imidazole rings is 1. The Morgan fingerprint density at radius 1 is 1.06 bits per heavy atom. The molecule has 1 fully saturated rings. The van der Waals surface area contributed by atoms with Crippen LogP contribution >= 0.6 is 0 Å². The molecule has 9 nitrogen and oxygen atoms in total. The van der Waals surface area contributed by atoms with Crippen LogP contribution in [0.2, 0.25) is 0 Å². The van der Waals surface area contributed by atoms with Crippen molar-refractivity contribution in [1.29, 1.82) is 0 Å². The molecule has 33 heavy (non-hydrogen) atoms. The smallest absolute Gasteiger partial charge is 0.379 e. The summed E-state index contributed by atoms with van der Waals surface area (Å²) in [6.07, 6.45) is 2.69. The van der Waals surface area contributed by atoms with Crippen molar-refractivity contribution in [3.05, 3.63) is 54.9 Å². The average molecular weight is 459 g/mol. The Morgan fingerprint density at radius 2 is 1.88 bits per heavy atom. The maximum Gasteiger partial charge on any atom is 0.422 e. The topological polar surface area (TPSA) is 105 Å². The van der Waals surface area contributed by atoms with Crippen LogP contribution in [0.3, 0.4) is 0 Å². The van der Waals surface area contributed by atoms with E-state index in [1.165, 1.54) is 21.7 Å². The number of halogens is 3. The van der Waals surface area contributed by atoms with E-state index in [0.29, 0.717) is 37.8 Å². The van der Waals surface area contributed by atoms with E-state index in [1.807, 2.05) is 6.07 Å². The zero-order valence-electron chi connectivity index (χ0n) is 17.3. The van der Waals surface area contributed by atoms with Gasteiger partial charge in [0.15, 0.2) is 17.1 Å². The first kappa shape index (κ1) is 21.5. The van der Waals surface area contributed by atoms with Crippen molar-refractivity contribution < 1.29 is 23.0 Å². The van der Waals surface area contributed by atoms with Crippen LogP contribution in [0.4, 0.5) is 13.2 Å². The molecular formula is C21H20F3N7O2. The van der Waals surface area contributed by atoms with E-state index in [4.69, 9.17) is 4.74 Å². The van der Waals surface area contributed by atoms with Crippen molar-refractivity contribution in [1.82, 2.24) is 34.6 Å². The molecule has 0 bridgehead atoms. The van der Waals surface area contributed by atoms with Gasteiger partial charge in [-0.3, -0.25) is 4.90 Å². The minimum atomic E-state index is -4.87. The molecule has 4 aromatic rings. The first-order valence-corrected chi connectivity index (χ1v) is 10.2. The first-order valence-electron chi connectivity index (χ1n) is 10.2. The molecule has 1 saturated heterocycles. The Labute approximate surface area is 185 Å². The van der Waals surface area contributed by atoms with Crippen molar-refractivity contribution in [3.63, 3.8) is 0 Å². The summed E-state index contributed by atoms with van der Waals surface area (Å²) < 4.78 is 48.3. The molecule has 1 aliphatic rings. The lowest BCUT2D eigenvalue weighted by Crippen LogP contribution is -2.53. The van der Waals surface area contributed by atoms with Crippen molar-refractivity contribution in [2.45, 2.75) is 11.8 Å². The lowest BCUT2D eigenvalue weighted by atomic mass is 9.93. The monoisotopic (exact) mass is 459 g/mol. The molecule has 1 aliphatic heterocycles.